The van der Waals surface area contributed by atoms with Crippen LogP contribution < -0.4 is 5.32 Å². The highest BCUT2D eigenvalue weighted by Crippen LogP contribution is 2.17. The second kappa shape index (κ2) is 6.12. The Morgan fingerprint density at radius 3 is 2.64 bits per heavy atom. The van der Waals surface area contributed by atoms with Crippen molar-refractivity contribution in [2.75, 3.05) is 18.4 Å². The highest BCUT2D eigenvalue weighted by molar-refractivity contribution is 5.68. The van der Waals surface area contributed by atoms with Crippen LogP contribution >= 0.6 is 0 Å². The summed E-state index contributed by atoms with van der Waals surface area (Å²) in [5.41, 5.74) is -0.684. The van der Waals surface area contributed by atoms with E-state index in [1.54, 1.807) is 4.90 Å². The van der Waals surface area contributed by atoms with Crippen LogP contribution in [0, 0.1) is 10.1 Å². The Hall–Kier alpha value is -2.45. The Morgan fingerprint density at radius 2 is 2.09 bits per heavy atom. The number of ether oxygens (including phenoxy) is 1. The van der Waals surface area contributed by atoms with Crippen molar-refractivity contribution in [3.63, 3.8) is 0 Å². The van der Waals surface area contributed by atoms with E-state index in [0.717, 1.165) is 18.8 Å². The van der Waals surface area contributed by atoms with Gasteiger partial charge in [0.2, 0.25) is 5.95 Å². The number of hydrogen-bond donors (Lipinski definition) is 1. The number of hydrogen-bond acceptors (Lipinski definition) is 7. The molecule has 1 unspecified atom stereocenters. The summed E-state index contributed by atoms with van der Waals surface area (Å²) >= 11 is 0. The molecule has 0 aliphatic carbocycles. The highest BCUT2D eigenvalue weighted by Gasteiger charge is 2.30. The summed E-state index contributed by atoms with van der Waals surface area (Å²) in [7, 11) is 0. The number of amides is 1. The second-order valence-electron chi connectivity index (χ2n) is 6.08. The topological polar surface area (TPSA) is 110 Å². The fourth-order valence-corrected chi connectivity index (χ4v) is 2.04. The van der Waals surface area contributed by atoms with Crippen LogP contribution in [0.1, 0.15) is 27.2 Å². The molecule has 1 aromatic rings. The van der Waals surface area contributed by atoms with Gasteiger partial charge in [-0.25, -0.2) is 14.8 Å². The molecule has 0 aromatic carbocycles. The van der Waals surface area contributed by atoms with Gasteiger partial charge in [-0.1, -0.05) is 0 Å². The zero-order valence-electron chi connectivity index (χ0n) is 12.8. The Morgan fingerprint density at radius 1 is 1.45 bits per heavy atom. The summed E-state index contributed by atoms with van der Waals surface area (Å²) in [4.78, 5) is 31.3. The molecule has 1 saturated heterocycles. The highest BCUT2D eigenvalue weighted by atomic mass is 16.6. The number of aromatic nitrogens is 2. The van der Waals surface area contributed by atoms with E-state index in [0.29, 0.717) is 19.0 Å². The van der Waals surface area contributed by atoms with Gasteiger partial charge in [0.25, 0.3) is 0 Å². The van der Waals surface area contributed by atoms with Crippen molar-refractivity contribution in [1.82, 2.24) is 14.9 Å². The van der Waals surface area contributed by atoms with Crippen LogP contribution in [0.25, 0.3) is 0 Å². The lowest BCUT2D eigenvalue weighted by Crippen LogP contribution is -2.36. The number of anilines is 1. The third-order valence-corrected chi connectivity index (χ3v) is 3.02. The van der Waals surface area contributed by atoms with Gasteiger partial charge in [0.15, 0.2) is 0 Å². The van der Waals surface area contributed by atoms with Crippen molar-refractivity contribution in [2.24, 2.45) is 0 Å². The number of carbonyl (C=O) groups is 1. The number of nitrogens with zero attached hydrogens (tertiary/aromatic N) is 4. The molecule has 1 aliphatic rings. The number of rotatable bonds is 3. The molecule has 1 aromatic heterocycles. The number of nitrogens with one attached hydrogen (secondary N) is 1. The Labute approximate surface area is 127 Å². The molecule has 2 heterocycles. The van der Waals surface area contributed by atoms with Gasteiger partial charge >= 0.3 is 11.8 Å². The first-order chi connectivity index (χ1) is 10.2. The molecule has 1 fully saturated rings. The van der Waals surface area contributed by atoms with E-state index in [2.05, 4.69) is 15.3 Å². The van der Waals surface area contributed by atoms with Crippen molar-refractivity contribution in [1.29, 1.82) is 0 Å². The van der Waals surface area contributed by atoms with Crippen molar-refractivity contribution in [2.45, 2.75) is 38.8 Å². The van der Waals surface area contributed by atoms with Crippen molar-refractivity contribution in [3.8, 4) is 0 Å². The van der Waals surface area contributed by atoms with Crippen molar-refractivity contribution >= 4 is 17.7 Å². The van der Waals surface area contributed by atoms with Crippen LogP contribution in [0.15, 0.2) is 12.4 Å². The molecule has 9 nitrogen and oxygen atoms in total. The molecule has 2 rings (SSSR count). The zero-order valence-corrected chi connectivity index (χ0v) is 12.8. The summed E-state index contributed by atoms with van der Waals surface area (Å²) in [6, 6.07) is -0.00558. The average molecular weight is 309 g/mol. The maximum Gasteiger partial charge on any atom is 0.410 e. The maximum atomic E-state index is 11.9. The van der Waals surface area contributed by atoms with E-state index in [1.807, 2.05) is 20.8 Å². The molecular weight excluding hydrogens is 290 g/mol. The molecule has 0 spiro atoms. The van der Waals surface area contributed by atoms with Gasteiger partial charge in [-0.2, -0.15) is 0 Å². The molecule has 9 heteroatoms. The number of nitro groups is 1. The summed E-state index contributed by atoms with van der Waals surface area (Å²) < 4.78 is 5.32. The molecule has 1 aliphatic heterocycles. The van der Waals surface area contributed by atoms with Gasteiger partial charge < -0.3 is 15.0 Å². The van der Waals surface area contributed by atoms with Crippen LogP contribution in [-0.2, 0) is 4.74 Å². The molecule has 0 saturated carbocycles. The van der Waals surface area contributed by atoms with Crippen molar-refractivity contribution < 1.29 is 14.5 Å². The molecule has 1 amide bonds. The Balaban J connectivity index is 1.88. The zero-order chi connectivity index (χ0) is 16.3. The van der Waals surface area contributed by atoms with Gasteiger partial charge in [-0.05, 0) is 27.2 Å². The maximum absolute atomic E-state index is 11.9. The Bertz CT molecular complexity index is 555. The molecule has 22 heavy (non-hydrogen) atoms. The summed E-state index contributed by atoms with van der Waals surface area (Å²) in [6.45, 7) is 6.53. The van der Waals surface area contributed by atoms with Gasteiger partial charge in [0.05, 0.1) is 4.92 Å². The predicted octanol–water partition coefficient (Wildman–Crippen LogP) is 1.81. The van der Waals surface area contributed by atoms with E-state index >= 15 is 0 Å². The molecule has 120 valence electrons. The lowest BCUT2D eigenvalue weighted by molar-refractivity contribution is -0.385. The first-order valence-electron chi connectivity index (χ1n) is 6.95. The van der Waals surface area contributed by atoms with Crippen LogP contribution in [0.2, 0.25) is 0 Å². The fourth-order valence-electron chi connectivity index (χ4n) is 2.04. The smallest absolute Gasteiger partial charge is 0.410 e. The lowest BCUT2D eigenvalue weighted by atomic mass is 10.2. The van der Waals surface area contributed by atoms with E-state index < -0.39 is 10.5 Å². The predicted molar refractivity (Wildman–Crippen MR) is 78.5 cm³/mol. The normalized spacial score (nSPS) is 18.1. The van der Waals surface area contributed by atoms with E-state index in [-0.39, 0.29) is 17.8 Å². The average Bonchev–Trinajstić information content (AvgIpc) is 2.86. The number of carbonyl (C=O) groups excluding carboxylic acids is 1. The molecule has 0 radical (unpaired) electrons. The summed E-state index contributed by atoms with van der Waals surface area (Å²) in [5.74, 6) is 0.307. The summed E-state index contributed by atoms with van der Waals surface area (Å²) in [6.07, 6.45) is 2.69. The minimum Gasteiger partial charge on any atom is -0.444 e. The van der Waals surface area contributed by atoms with Crippen LogP contribution in [0.5, 0.6) is 0 Å². The SMILES string of the molecule is CC(C)(C)OC(=O)N1CCC(Nc2ncc([N+](=O)[O-])cn2)C1. The standard InChI is InChI=1S/C13H19N5O4/c1-13(2,3)22-12(19)17-5-4-9(8-17)16-11-14-6-10(7-15-11)18(20)21/h6-7,9H,4-5,8H2,1-3H3,(H,14,15,16). The first kappa shape index (κ1) is 15.9. The molecular formula is C13H19N5O4. The summed E-state index contributed by atoms with van der Waals surface area (Å²) in [5, 5.41) is 13.6. The molecule has 1 N–H and O–H groups in total. The lowest BCUT2D eigenvalue weighted by Gasteiger charge is -2.24. The minimum atomic E-state index is -0.552. The van der Waals surface area contributed by atoms with Crippen LogP contribution in [0.4, 0.5) is 16.4 Å². The van der Waals surface area contributed by atoms with Gasteiger partial charge in [-0.15, -0.1) is 0 Å². The van der Waals surface area contributed by atoms with E-state index in [9.17, 15) is 14.9 Å². The van der Waals surface area contributed by atoms with Crippen LogP contribution in [0.3, 0.4) is 0 Å². The fraction of sp³-hybridized carbons (Fsp3) is 0.615. The monoisotopic (exact) mass is 309 g/mol. The van der Waals surface area contributed by atoms with E-state index in [1.165, 1.54) is 0 Å². The third-order valence-electron chi connectivity index (χ3n) is 3.02. The molecule has 1 atom stereocenters. The minimum absolute atomic E-state index is 0.00558. The largest absolute Gasteiger partial charge is 0.444 e. The quantitative estimate of drug-likeness (QED) is 0.669. The van der Waals surface area contributed by atoms with Gasteiger partial charge in [-0.3, -0.25) is 10.1 Å². The third kappa shape index (κ3) is 4.27. The van der Waals surface area contributed by atoms with Gasteiger partial charge in [0.1, 0.15) is 18.0 Å². The van der Waals surface area contributed by atoms with Crippen LogP contribution in [-0.4, -0.2) is 50.6 Å². The van der Waals surface area contributed by atoms with Gasteiger partial charge in [0, 0.05) is 19.1 Å². The molecule has 0 bridgehead atoms. The number of likely N-dealkylation sites (tertiary alicyclic amines) is 1. The van der Waals surface area contributed by atoms with Crippen molar-refractivity contribution in [3.05, 3.63) is 22.5 Å². The Kier molecular flexibility index (Phi) is 4.43. The first-order valence-corrected chi connectivity index (χ1v) is 6.95. The second-order valence-corrected chi connectivity index (χ2v) is 6.08. The van der Waals surface area contributed by atoms with E-state index in [4.69, 9.17) is 4.74 Å².